The third-order valence-electron chi connectivity index (χ3n) is 2.99. The van der Waals surface area contributed by atoms with Gasteiger partial charge in [0.2, 0.25) is 0 Å². The molecule has 7 nitrogen and oxygen atoms in total. The van der Waals surface area contributed by atoms with E-state index in [4.69, 9.17) is 14.3 Å². The standard InChI is InChI=1S/C15H16N2O5/c1-9-3-6-13(22-9)12(8-21-2)17-14(18)10-4-5-11(15(19)20)16-7-10/h3-7,12H,8H2,1-2H3,(H,17,18)(H,19,20). The molecule has 22 heavy (non-hydrogen) atoms. The number of nitrogens with one attached hydrogen (secondary N) is 1. The number of aromatic carboxylic acids is 1. The predicted octanol–water partition coefficient (Wildman–Crippen LogP) is 1.80. The van der Waals surface area contributed by atoms with Gasteiger partial charge in [0.25, 0.3) is 5.91 Å². The third-order valence-corrected chi connectivity index (χ3v) is 2.99. The number of ether oxygens (including phenoxy) is 1. The molecule has 0 aliphatic heterocycles. The first kappa shape index (κ1) is 15.7. The summed E-state index contributed by atoms with van der Waals surface area (Å²) in [6.45, 7) is 2.06. The van der Waals surface area contributed by atoms with Crippen LogP contribution in [0.15, 0.2) is 34.9 Å². The Hall–Kier alpha value is -2.67. The number of furan rings is 1. The molecule has 0 fully saturated rings. The molecule has 2 heterocycles. The van der Waals surface area contributed by atoms with Gasteiger partial charge in [-0.3, -0.25) is 4.79 Å². The summed E-state index contributed by atoms with van der Waals surface area (Å²) in [6, 6.07) is 5.81. The summed E-state index contributed by atoms with van der Waals surface area (Å²) >= 11 is 0. The Morgan fingerprint density at radius 3 is 2.64 bits per heavy atom. The molecule has 1 unspecified atom stereocenters. The van der Waals surface area contributed by atoms with Crippen LogP contribution in [0.2, 0.25) is 0 Å². The van der Waals surface area contributed by atoms with Crippen molar-refractivity contribution in [1.82, 2.24) is 10.3 Å². The first-order valence-electron chi connectivity index (χ1n) is 6.56. The van der Waals surface area contributed by atoms with Crippen LogP contribution in [0.5, 0.6) is 0 Å². The highest BCUT2D eigenvalue weighted by atomic mass is 16.5. The van der Waals surface area contributed by atoms with Gasteiger partial charge in [0.15, 0.2) is 0 Å². The van der Waals surface area contributed by atoms with Gasteiger partial charge in [-0.2, -0.15) is 0 Å². The largest absolute Gasteiger partial charge is 0.477 e. The molecular weight excluding hydrogens is 288 g/mol. The third kappa shape index (κ3) is 3.70. The van der Waals surface area contributed by atoms with E-state index in [1.165, 1.54) is 25.4 Å². The number of carboxylic acid groups (broad SMARTS) is 1. The van der Waals surface area contributed by atoms with E-state index in [2.05, 4.69) is 10.3 Å². The highest BCUT2D eigenvalue weighted by molar-refractivity contribution is 5.95. The van der Waals surface area contributed by atoms with E-state index in [0.717, 1.165) is 5.76 Å². The van der Waals surface area contributed by atoms with Crippen molar-refractivity contribution in [2.45, 2.75) is 13.0 Å². The molecule has 0 saturated carbocycles. The molecule has 1 atom stereocenters. The molecule has 1 amide bonds. The predicted molar refractivity (Wildman–Crippen MR) is 76.7 cm³/mol. The number of aryl methyl sites for hydroxylation is 1. The quantitative estimate of drug-likeness (QED) is 0.843. The van der Waals surface area contributed by atoms with Crippen molar-refractivity contribution in [2.75, 3.05) is 13.7 Å². The fourth-order valence-electron chi connectivity index (χ4n) is 1.90. The van der Waals surface area contributed by atoms with Gasteiger partial charge in [0.05, 0.1) is 12.2 Å². The fraction of sp³-hybridized carbons (Fsp3) is 0.267. The molecule has 0 aliphatic rings. The van der Waals surface area contributed by atoms with Crippen molar-refractivity contribution in [3.8, 4) is 0 Å². The van der Waals surface area contributed by atoms with E-state index in [0.29, 0.717) is 5.76 Å². The zero-order valence-corrected chi connectivity index (χ0v) is 12.2. The number of rotatable bonds is 6. The minimum absolute atomic E-state index is 0.119. The molecule has 2 aromatic heterocycles. The number of carbonyl (C=O) groups is 2. The number of hydrogen-bond acceptors (Lipinski definition) is 5. The summed E-state index contributed by atoms with van der Waals surface area (Å²) in [5.41, 5.74) is 0.140. The van der Waals surface area contributed by atoms with Crippen molar-refractivity contribution in [1.29, 1.82) is 0 Å². The zero-order valence-electron chi connectivity index (χ0n) is 12.2. The SMILES string of the molecule is COCC(NC(=O)c1ccc(C(=O)O)nc1)c1ccc(C)o1. The fourth-order valence-corrected chi connectivity index (χ4v) is 1.90. The Kier molecular flexibility index (Phi) is 4.90. The summed E-state index contributed by atoms with van der Waals surface area (Å²) in [5.74, 6) is -0.212. The van der Waals surface area contributed by atoms with E-state index in [9.17, 15) is 9.59 Å². The first-order valence-corrected chi connectivity index (χ1v) is 6.56. The van der Waals surface area contributed by atoms with Crippen LogP contribution >= 0.6 is 0 Å². The topological polar surface area (TPSA) is 102 Å². The highest BCUT2D eigenvalue weighted by Gasteiger charge is 2.19. The van der Waals surface area contributed by atoms with E-state index in [-0.39, 0.29) is 23.8 Å². The van der Waals surface area contributed by atoms with Gasteiger partial charge in [-0.05, 0) is 31.2 Å². The number of carboxylic acids is 1. The monoisotopic (exact) mass is 304 g/mol. The van der Waals surface area contributed by atoms with Crippen LogP contribution in [0.3, 0.4) is 0 Å². The maximum Gasteiger partial charge on any atom is 0.354 e. The average Bonchev–Trinajstić information content (AvgIpc) is 2.93. The highest BCUT2D eigenvalue weighted by Crippen LogP contribution is 2.17. The van der Waals surface area contributed by atoms with Gasteiger partial charge >= 0.3 is 5.97 Å². The van der Waals surface area contributed by atoms with Crippen molar-refractivity contribution >= 4 is 11.9 Å². The molecule has 2 N–H and O–H groups in total. The summed E-state index contributed by atoms with van der Waals surface area (Å²) in [6.07, 6.45) is 1.22. The van der Waals surface area contributed by atoms with E-state index in [1.54, 1.807) is 12.1 Å². The molecule has 0 spiro atoms. The lowest BCUT2D eigenvalue weighted by atomic mass is 10.2. The lowest BCUT2D eigenvalue weighted by Crippen LogP contribution is -2.31. The number of amides is 1. The maximum absolute atomic E-state index is 12.2. The maximum atomic E-state index is 12.2. The van der Waals surface area contributed by atoms with Crippen LogP contribution in [-0.2, 0) is 4.74 Å². The second kappa shape index (κ2) is 6.86. The first-order chi connectivity index (χ1) is 10.5. The van der Waals surface area contributed by atoms with Crippen molar-refractivity contribution in [3.63, 3.8) is 0 Å². The minimum Gasteiger partial charge on any atom is -0.477 e. The Balaban J connectivity index is 2.12. The van der Waals surface area contributed by atoms with Crippen LogP contribution < -0.4 is 5.32 Å². The summed E-state index contributed by atoms with van der Waals surface area (Å²) in [7, 11) is 1.53. The number of carbonyl (C=O) groups excluding carboxylic acids is 1. The molecule has 0 aromatic carbocycles. The van der Waals surface area contributed by atoms with Gasteiger partial charge in [0, 0.05) is 13.3 Å². The second-order valence-corrected chi connectivity index (χ2v) is 4.67. The smallest absolute Gasteiger partial charge is 0.354 e. The zero-order chi connectivity index (χ0) is 16.1. The molecule has 2 rings (SSSR count). The second-order valence-electron chi connectivity index (χ2n) is 4.67. The molecule has 0 radical (unpaired) electrons. The Labute approximate surface area is 126 Å². The molecule has 0 saturated heterocycles. The van der Waals surface area contributed by atoms with Gasteiger partial charge in [0.1, 0.15) is 23.3 Å². The van der Waals surface area contributed by atoms with Crippen LogP contribution in [0.25, 0.3) is 0 Å². The molecule has 7 heteroatoms. The average molecular weight is 304 g/mol. The number of aromatic nitrogens is 1. The lowest BCUT2D eigenvalue weighted by Gasteiger charge is -2.15. The number of methoxy groups -OCH3 is 1. The van der Waals surface area contributed by atoms with Crippen LogP contribution in [0, 0.1) is 6.92 Å². The van der Waals surface area contributed by atoms with Crippen LogP contribution in [-0.4, -0.2) is 35.7 Å². The van der Waals surface area contributed by atoms with E-state index < -0.39 is 12.0 Å². The van der Waals surface area contributed by atoms with Gasteiger partial charge < -0.3 is 19.6 Å². The van der Waals surface area contributed by atoms with Gasteiger partial charge in [-0.15, -0.1) is 0 Å². The van der Waals surface area contributed by atoms with Crippen LogP contribution in [0.1, 0.15) is 38.4 Å². The van der Waals surface area contributed by atoms with Gasteiger partial charge in [-0.1, -0.05) is 0 Å². The normalized spacial score (nSPS) is 11.9. The Morgan fingerprint density at radius 1 is 1.36 bits per heavy atom. The number of pyridine rings is 1. The van der Waals surface area contributed by atoms with Crippen LogP contribution in [0.4, 0.5) is 0 Å². The molecule has 2 aromatic rings. The van der Waals surface area contributed by atoms with Crippen molar-refractivity contribution in [3.05, 3.63) is 53.2 Å². The summed E-state index contributed by atoms with van der Waals surface area (Å²) in [5, 5.41) is 11.6. The summed E-state index contributed by atoms with van der Waals surface area (Å²) < 4.78 is 10.6. The minimum atomic E-state index is -1.14. The van der Waals surface area contributed by atoms with Crippen molar-refractivity contribution < 1.29 is 23.8 Å². The molecule has 116 valence electrons. The Morgan fingerprint density at radius 2 is 2.14 bits per heavy atom. The molecule has 0 bridgehead atoms. The van der Waals surface area contributed by atoms with Gasteiger partial charge in [-0.25, -0.2) is 9.78 Å². The molecular formula is C15H16N2O5. The van der Waals surface area contributed by atoms with Crippen molar-refractivity contribution in [2.24, 2.45) is 0 Å². The van der Waals surface area contributed by atoms with E-state index >= 15 is 0 Å². The summed E-state index contributed by atoms with van der Waals surface area (Å²) in [4.78, 5) is 26.7. The molecule has 0 aliphatic carbocycles. The van der Waals surface area contributed by atoms with E-state index in [1.807, 2.05) is 6.92 Å². The number of hydrogen-bond donors (Lipinski definition) is 2. The Bertz CT molecular complexity index is 663. The lowest BCUT2D eigenvalue weighted by molar-refractivity contribution is 0.0689. The number of nitrogens with zero attached hydrogens (tertiary/aromatic N) is 1.